The van der Waals surface area contributed by atoms with Crippen LogP contribution in [-0.2, 0) is 0 Å². The Bertz CT molecular complexity index is 197. The molecule has 1 rings (SSSR count). The third kappa shape index (κ3) is 3.93. The monoisotopic (exact) mass is 208 g/mol. The average molecular weight is 208 g/mol. The number of nitrogens with two attached hydrogens (primary N) is 1. The lowest BCUT2D eigenvalue weighted by Gasteiger charge is -2.28. The van der Waals surface area contributed by atoms with Crippen molar-refractivity contribution in [3.05, 3.63) is 0 Å². The van der Waals surface area contributed by atoms with Gasteiger partial charge in [0.1, 0.15) is 0 Å². The van der Waals surface area contributed by atoms with Gasteiger partial charge in [-0.25, -0.2) is 8.78 Å². The van der Waals surface area contributed by atoms with Crippen LogP contribution in [0.15, 0.2) is 0 Å². The van der Waals surface area contributed by atoms with Gasteiger partial charge in [0.2, 0.25) is 5.92 Å². The number of halogens is 2. The second kappa shape index (κ2) is 4.26. The number of rotatable bonds is 2. The summed E-state index contributed by atoms with van der Waals surface area (Å²) in [4.78, 5) is 0. The molecule has 1 aliphatic carbocycles. The van der Waals surface area contributed by atoms with E-state index in [0.717, 1.165) is 6.42 Å². The Morgan fingerprint density at radius 2 is 2.31 bits per heavy atom. The number of hydrogen-bond acceptors (Lipinski definition) is 2. The van der Waals surface area contributed by atoms with Gasteiger partial charge in [0.25, 0.3) is 0 Å². The van der Waals surface area contributed by atoms with E-state index < -0.39 is 5.92 Å². The molecule has 1 aliphatic rings. The highest BCUT2D eigenvalue weighted by Crippen LogP contribution is 2.37. The zero-order valence-electron chi connectivity index (χ0n) is 7.35. The highest BCUT2D eigenvalue weighted by Gasteiger charge is 2.35. The van der Waals surface area contributed by atoms with E-state index in [0.29, 0.717) is 12.2 Å². The second-order valence-corrected chi connectivity index (χ2v) is 4.56. The fourth-order valence-electron chi connectivity index (χ4n) is 1.63. The SMILES string of the molecule is N=C(N)SCC1CCCC(F)(F)C1. The van der Waals surface area contributed by atoms with Gasteiger partial charge in [-0.1, -0.05) is 11.8 Å². The first-order valence-corrected chi connectivity index (χ1v) is 5.33. The fourth-order valence-corrected chi connectivity index (χ4v) is 2.33. The maximum Gasteiger partial charge on any atom is 0.248 e. The molecule has 0 radical (unpaired) electrons. The van der Waals surface area contributed by atoms with Gasteiger partial charge in [-0.3, -0.25) is 5.41 Å². The first-order valence-electron chi connectivity index (χ1n) is 4.34. The lowest BCUT2D eigenvalue weighted by atomic mass is 9.88. The number of hydrogen-bond donors (Lipinski definition) is 2. The third-order valence-electron chi connectivity index (χ3n) is 2.22. The van der Waals surface area contributed by atoms with Crippen LogP contribution < -0.4 is 5.73 Å². The molecule has 0 saturated heterocycles. The molecule has 76 valence electrons. The third-order valence-corrected chi connectivity index (χ3v) is 3.17. The van der Waals surface area contributed by atoms with Gasteiger partial charge in [0.05, 0.1) is 0 Å². The number of amidine groups is 1. The lowest BCUT2D eigenvalue weighted by molar-refractivity contribution is -0.0487. The molecular weight excluding hydrogens is 194 g/mol. The van der Waals surface area contributed by atoms with E-state index in [-0.39, 0.29) is 23.9 Å². The van der Waals surface area contributed by atoms with Crippen LogP contribution in [0.25, 0.3) is 0 Å². The lowest BCUT2D eigenvalue weighted by Crippen LogP contribution is -2.27. The highest BCUT2D eigenvalue weighted by molar-refractivity contribution is 8.13. The quantitative estimate of drug-likeness (QED) is 0.541. The van der Waals surface area contributed by atoms with Crippen molar-refractivity contribution in [3.8, 4) is 0 Å². The summed E-state index contributed by atoms with van der Waals surface area (Å²) in [6, 6.07) is 0. The summed E-state index contributed by atoms with van der Waals surface area (Å²) in [6.45, 7) is 0. The molecule has 3 N–H and O–H groups in total. The summed E-state index contributed by atoms with van der Waals surface area (Å²) >= 11 is 1.17. The molecule has 0 bridgehead atoms. The van der Waals surface area contributed by atoms with Gasteiger partial charge in [-0.05, 0) is 18.8 Å². The van der Waals surface area contributed by atoms with Crippen molar-refractivity contribution in [1.29, 1.82) is 5.41 Å². The Balaban J connectivity index is 2.30. The minimum atomic E-state index is -2.49. The minimum Gasteiger partial charge on any atom is -0.379 e. The standard InChI is InChI=1S/C8H14F2N2S/c9-8(10)3-1-2-6(4-8)5-13-7(11)12/h6H,1-5H2,(H3,11,12). The van der Waals surface area contributed by atoms with E-state index in [1.807, 2.05) is 0 Å². The molecule has 0 spiro atoms. The fraction of sp³-hybridized carbons (Fsp3) is 0.875. The summed E-state index contributed by atoms with van der Waals surface area (Å²) in [6.07, 6.45) is 1.42. The molecular formula is C8H14F2N2S. The van der Waals surface area contributed by atoms with Crippen LogP contribution in [0.2, 0.25) is 0 Å². The smallest absolute Gasteiger partial charge is 0.248 e. The van der Waals surface area contributed by atoms with Gasteiger partial charge in [0.15, 0.2) is 5.17 Å². The topological polar surface area (TPSA) is 49.9 Å². The molecule has 1 unspecified atom stereocenters. The van der Waals surface area contributed by atoms with Crippen LogP contribution in [0.4, 0.5) is 8.78 Å². The van der Waals surface area contributed by atoms with E-state index >= 15 is 0 Å². The predicted molar refractivity (Wildman–Crippen MR) is 51.3 cm³/mol. The van der Waals surface area contributed by atoms with Crippen LogP contribution in [0.5, 0.6) is 0 Å². The molecule has 0 heterocycles. The Morgan fingerprint density at radius 3 is 2.85 bits per heavy atom. The summed E-state index contributed by atoms with van der Waals surface area (Å²) < 4.78 is 25.8. The molecule has 1 atom stereocenters. The van der Waals surface area contributed by atoms with Crippen molar-refractivity contribution in [2.24, 2.45) is 11.7 Å². The average Bonchev–Trinajstić information content (AvgIpc) is 1.99. The van der Waals surface area contributed by atoms with E-state index in [9.17, 15) is 8.78 Å². The number of alkyl halides is 2. The van der Waals surface area contributed by atoms with Crippen molar-refractivity contribution in [2.75, 3.05) is 5.75 Å². The van der Waals surface area contributed by atoms with Crippen LogP contribution in [0.3, 0.4) is 0 Å². The number of nitrogens with one attached hydrogen (secondary N) is 1. The largest absolute Gasteiger partial charge is 0.379 e. The molecule has 0 aromatic heterocycles. The van der Waals surface area contributed by atoms with Crippen molar-refractivity contribution in [3.63, 3.8) is 0 Å². The molecule has 1 fully saturated rings. The summed E-state index contributed by atoms with van der Waals surface area (Å²) in [5.41, 5.74) is 5.14. The van der Waals surface area contributed by atoms with Crippen molar-refractivity contribution in [1.82, 2.24) is 0 Å². The number of thioether (sulfide) groups is 1. The normalized spacial score (nSPS) is 27.1. The molecule has 0 aromatic carbocycles. The van der Waals surface area contributed by atoms with Gasteiger partial charge in [-0.15, -0.1) is 0 Å². The molecule has 0 aliphatic heterocycles. The maximum absolute atomic E-state index is 12.9. The first kappa shape index (κ1) is 10.8. The summed E-state index contributed by atoms with van der Waals surface area (Å²) in [5.74, 6) is -1.90. The van der Waals surface area contributed by atoms with Crippen molar-refractivity contribution < 1.29 is 8.78 Å². The van der Waals surface area contributed by atoms with Gasteiger partial charge >= 0.3 is 0 Å². The second-order valence-electron chi connectivity index (χ2n) is 3.49. The first-order chi connectivity index (χ1) is 5.99. The van der Waals surface area contributed by atoms with Gasteiger partial charge in [-0.2, -0.15) is 0 Å². The van der Waals surface area contributed by atoms with Gasteiger partial charge < -0.3 is 5.73 Å². The van der Waals surface area contributed by atoms with E-state index in [2.05, 4.69) is 0 Å². The maximum atomic E-state index is 12.9. The van der Waals surface area contributed by atoms with Gasteiger partial charge in [0, 0.05) is 18.6 Å². The van der Waals surface area contributed by atoms with Crippen molar-refractivity contribution >= 4 is 16.9 Å². The predicted octanol–water partition coefficient (Wildman–Crippen LogP) is 2.44. The van der Waals surface area contributed by atoms with Crippen molar-refractivity contribution in [2.45, 2.75) is 31.6 Å². The van der Waals surface area contributed by atoms with E-state index in [4.69, 9.17) is 11.1 Å². The zero-order valence-corrected chi connectivity index (χ0v) is 8.17. The Hall–Kier alpha value is -0.320. The van der Waals surface area contributed by atoms with E-state index in [1.54, 1.807) is 0 Å². The van der Waals surface area contributed by atoms with Crippen LogP contribution in [0.1, 0.15) is 25.7 Å². The molecule has 0 aromatic rings. The minimum absolute atomic E-state index is 0.0221. The molecule has 0 amide bonds. The molecule has 1 saturated carbocycles. The summed E-state index contributed by atoms with van der Waals surface area (Å²) in [7, 11) is 0. The van der Waals surface area contributed by atoms with E-state index in [1.165, 1.54) is 11.8 Å². The Morgan fingerprint density at radius 1 is 1.62 bits per heavy atom. The van der Waals surface area contributed by atoms with Crippen LogP contribution in [-0.4, -0.2) is 16.8 Å². The van der Waals surface area contributed by atoms with Crippen LogP contribution >= 0.6 is 11.8 Å². The Labute approximate surface area is 80.8 Å². The molecule has 2 nitrogen and oxygen atoms in total. The highest BCUT2D eigenvalue weighted by atomic mass is 32.2. The summed E-state index contributed by atoms with van der Waals surface area (Å²) in [5, 5.41) is 6.99. The molecule has 5 heteroatoms. The molecule has 13 heavy (non-hydrogen) atoms. The zero-order chi connectivity index (χ0) is 9.90. The Kier molecular flexibility index (Phi) is 3.53. The van der Waals surface area contributed by atoms with Crippen LogP contribution in [0, 0.1) is 11.3 Å².